The maximum atomic E-state index is 10.2. The van der Waals surface area contributed by atoms with Crippen LogP contribution in [-0.4, -0.2) is 64.8 Å². The molecule has 0 heterocycles. The Bertz CT molecular complexity index is 925. The van der Waals surface area contributed by atoms with Crippen LogP contribution in [-0.2, 0) is 5.41 Å². The first-order valence-corrected chi connectivity index (χ1v) is 12.4. The van der Waals surface area contributed by atoms with E-state index in [0.717, 1.165) is 11.1 Å². The van der Waals surface area contributed by atoms with E-state index in [-0.39, 0.29) is 43.4 Å². The molecule has 0 aliphatic carbocycles. The average molecular weight is 606 g/mol. The zero-order valence-corrected chi connectivity index (χ0v) is 22.2. The number of nitrogens with zero attached hydrogens (tertiary/aromatic N) is 1. The van der Waals surface area contributed by atoms with Crippen LogP contribution < -0.4 is 21.1 Å². The molecule has 188 valence electrons. The van der Waals surface area contributed by atoms with Crippen molar-refractivity contribution in [1.82, 2.24) is 5.01 Å². The van der Waals surface area contributed by atoms with Crippen LogP contribution in [0.25, 0.3) is 0 Å². The van der Waals surface area contributed by atoms with E-state index in [1.165, 1.54) is 5.01 Å². The van der Waals surface area contributed by atoms with E-state index < -0.39 is 12.2 Å². The molecule has 0 radical (unpaired) electrons. The van der Waals surface area contributed by atoms with Gasteiger partial charge >= 0.3 is 0 Å². The quantitative estimate of drug-likeness (QED) is 0.0773. The number of hydrazine groups is 1. The fourth-order valence-electron chi connectivity index (χ4n) is 3.14. The second kappa shape index (κ2) is 13.4. The first-order valence-electron chi connectivity index (χ1n) is 10.7. The third-order valence-electron chi connectivity index (χ3n) is 5.31. The van der Waals surface area contributed by atoms with Gasteiger partial charge in [0.1, 0.15) is 40.6 Å². The molecule has 0 unspecified atom stereocenters. The van der Waals surface area contributed by atoms with Gasteiger partial charge in [0, 0.05) is 5.41 Å². The summed E-state index contributed by atoms with van der Waals surface area (Å²) < 4.78 is 11.7. The molecule has 2 aromatic carbocycles. The molecule has 0 spiro atoms. The molecular weight excluding hydrogens is 573 g/mol. The third-order valence-corrected chi connectivity index (χ3v) is 6.98. The normalized spacial score (nSPS) is 14.2. The van der Waals surface area contributed by atoms with Crippen LogP contribution in [0.4, 0.5) is 0 Å². The molecule has 0 saturated heterocycles. The standard InChI is InChI=1S/C24H33ClIN3O5/c1-24(2,16-3-7-20(8-4-16)33-14-18(31)11-25)17-5-9-21(10-6-17)34-15-19(32)12-29(28)23(26)22(27)13-30/h3-10,18-19,30-32H,11-15,27-28H2,1-2H3/b23-22-/t18-,19+/m0/s1. The van der Waals surface area contributed by atoms with Crippen molar-refractivity contribution in [3.8, 4) is 11.5 Å². The second-order valence-electron chi connectivity index (χ2n) is 8.38. The van der Waals surface area contributed by atoms with Crippen molar-refractivity contribution in [2.75, 3.05) is 32.2 Å². The van der Waals surface area contributed by atoms with E-state index in [2.05, 4.69) is 13.8 Å². The van der Waals surface area contributed by atoms with Crippen LogP contribution in [0.3, 0.4) is 0 Å². The van der Waals surface area contributed by atoms with Gasteiger partial charge in [-0.25, -0.2) is 5.84 Å². The van der Waals surface area contributed by atoms with Gasteiger partial charge in [0.15, 0.2) is 0 Å². The number of aliphatic hydroxyl groups excluding tert-OH is 3. The maximum absolute atomic E-state index is 10.2. The molecule has 0 fully saturated rings. The number of hydrogen-bond donors (Lipinski definition) is 5. The van der Waals surface area contributed by atoms with Crippen molar-refractivity contribution in [3.63, 3.8) is 0 Å². The van der Waals surface area contributed by atoms with Gasteiger partial charge in [-0.1, -0.05) is 38.1 Å². The van der Waals surface area contributed by atoms with Crippen LogP contribution in [0, 0.1) is 0 Å². The highest BCUT2D eigenvalue weighted by molar-refractivity contribution is 14.1. The number of alkyl halides is 1. The number of benzene rings is 2. The number of halogens is 2. The van der Waals surface area contributed by atoms with Gasteiger partial charge in [-0.05, 0) is 58.0 Å². The lowest BCUT2D eigenvalue weighted by Crippen LogP contribution is -2.39. The van der Waals surface area contributed by atoms with E-state index in [4.69, 9.17) is 37.8 Å². The van der Waals surface area contributed by atoms with Gasteiger partial charge in [0.05, 0.1) is 24.7 Å². The molecule has 0 saturated carbocycles. The molecule has 7 N–H and O–H groups in total. The average Bonchev–Trinajstić information content (AvgIpc) is 2.85. The van der Waals surface area contributed by atoms with E-state index in [9.17, 15) is 10.2 Å². The number of hydrogen-bond acceptors (Lipinski definition) is 8. The van der Waals surface area contributed by atoms with E-state index in [1.807, 2.05) is 71.1 Å². The Morgan fingerprint density at radius 1 is 0.971 bits per heavy atom. The predicted octanol–water partition coefficient (Wildman–Crippen LogP) is 2.46. The summed E-state index contributed by atoms with van der Waals surface area (Å²) in [6.45, 7) is 4.26. The summed E-state index contributed by atoms with van der Waals surface area (Å²) in [5, 5.41) is 30.1. The predicted molar refractivity (Wildman–Crippen MR) is 142 cm³/mol. The minimum atomic E-state index is -0.844. The van der Waals surface area contributed by atoms with Gasteiger partial charge in [-0.15, -0.1) is 11.6 Å². The molecule has 2 atom stereocenters. The zero-order valence-electron chi connectivity index (χ0n) is 19.3. The van der Waals surface area contributed by atoms with E-state index in [0.29, 0.717) is 15.2 Å². The van der Waals surface area contributed by atoms with Gasteiger partial charge in [0.2, 0.25) is 0 Å². The Kier molecular flexibility index (Phi) is 11.2. The minimum absolute atomic E-state index is 0.0548. The first kappa shape index (κ1) is 28.5. The highest BCUT2D eigenvalue weighted by atomic mass is 127. The van der Waals surface area contributed by atoms with Crippen molar-refractivity contribution in [1.29, 1.82) is 0 Å². The maximum Gasteiger partial charge on any atom is 0.119 e. The van der Waals surface area contributed by atoms with Crippen molar-refractivity contribution in [3.05, 3.63) is 69.1 Å². The van der Waals surface area contributed by atoms with Crippen LogP contribution in [0.1, 0.15) is 25.0 Å². The number of nitrogens with two attached hydrogens (primary N) is 2. The molecule has 8 nitrogen and oxygen atoms in total. The lowest BCUT2D eigenvalue weighted by Gasteiger charge is -2.27. The van der Waals surface area contributed by atoms with Gasteiger partial charge in [0.25, 0.3) is 0 Å². The molecule has 2 rings (SSSR count). The number of rotatable bonds is 13. The molecule has 0 aliphatic heterocycles. The molecular formula is C24H33ClIN3O5. The SMILES string of the molecule is CC(C)(c1ccc(OC[C@@H](O)CCl)cc1)c1ccc(OC[C@H](O)CN(N)/C(I)=C(\N)CO)cc1. The summed E-state index contributed by atoms with van der Waals surface area (Å²) in [5.41, 5.74) is 7.83. The highest BCUT2D eigenvalue weighted by Gasteiger charge is 2.23. The Morgan fingerprint density at radius 3 is 1.82 bits per heavy atom. The van der Waals surface area contributed by atoms with Crippen molar-refractivity contribution < 1.29 is 24.8 Å². The summed E-state index contributed by atoms with van der Waals surface area (Å²) in [6, 6.07) is 15.5. The second-order valence-corrected chi connectivity index (χ2v) is 9.71. The smallest absolute Gasteiger partial charge is 0.119 e. The van der Waals surface area contributed by atoms with Gasteiger partial charge in [-0.3, -0.25) is 0 Å². The number of aliphatic hydroxyl groups is 3. The third kappa shape index (κ3) is 8.17. The Labute approximate surface area is 219 Å². The van der Waals surface area contributed by atoms with E-state index in [1.54, 1.807) is 0 Å². The van der Waals surface area contributed by atoms with Crippen molar-refractivity contribution >= 4 is 34.2 Å². The Balaban J connectivity index is 1.95. The first-order chi connectivity index (χ1) is 16.1. The Hall–Kier alpha value is -1.76. The van der Waals surface area contributed by atoms with Crippen LogP contribution in [0.2, 0.25) is 0 Å². The van der Waals surface area contributed by atoms with Gasteiger partial charge in [-0.2, -0.15) is 0 Å². The molecule has 10 heteroatoms. The van der Waals surface area contributed by atoms with Gasteiger partial charge < -0.3 is 35.5 Å². The lowest BCUT2D eigenvalue weighted by molar-refractivity contribution is 0.0810. The monoisotopic (exact) mass is 605 g/mol. The summed E-state index contributed by atoms with van der Waals surface area (Å²) in [4.78, 5) is 0. The molecule has 0 amide bonds. The van der Waals surface area contributed by atoms with Crippen LogP contribution in [0.15, 0.2) is 57.9 Å². The summed E-state index contributed by atoms with van der Waals surface area (Å²) in [7, 11) is 0. The molecule has 0 aliphatic rings. The fraction of sp³-hybridized carbons (Fsp3) is 0.417. The Morgan fingerprint density at radius 2 is 1.41 bits per heavy atom. The zero-order chi connectivity index (χ0) is 25.3. The lowest BCUT2D eigenvalue weighted by atomic mass is 9.78. The van der Waals surface area contributed by atoms with Crippen LogP contribution in [0.5, 0.6) is 11.5 Å². The molecule has 0 bridgehead atoms. The topological polar surface area (TPSA) is 134 Å². The summed E-state index contributed by atoms with van der Waals surface area (Å²) in [6.07, 6.45) is -1.54. The largest absolute Gasteiger partial charge is 0.491 e. The molecule has 2 aromatic rings. The van der Waals surface area contributed by atoms with E-state index >= 15 is 0 Å². The molecule has 34 heavy (non-hydrogen) atoms. The van der Waals surface area contributed by atoms with Crippen molar-refractivity contribution in [2.45, 2.75) is 31.5 Å². The number of ether oxygens (including phenoxy) is 2. The molecule has 0 aromatic heterocycles. The highest BCUT2D eigenvalue weighted by Crippen LogP contribution is 2.33. The summed E-state index contributed by atoms with van der Waals surface area (Å²) in [5.74, 6) is 7.30. The fourth-order valence-corrected chi connectivity index (χ4v) is 3.60. The van der Waals surface area contributed by atoms with Crippen molar-refractivity contribution in [2.24, 2.45) is 11.6 Å². The minimum Gasteiger partial charge on any atom is -0.491 e. The summed E-state index contributed by atoms with van der Waals surface area (Å²) >= 11 is 7.51. The van der Waals surface area contributed by atoms with Crippen LogP contribution >= 0.6 is 34.2 Å².